The molecule has 23 heavy (non-hydrogen) atoms. The molecule has 1 fully saturated rings. The van der Waals surface area contributed by atoms with Crippen molar-refractivity contribution in [2.75, 3.05) is 0 Å². The molecule has 5 N–H and O–H groups in total. The van der Waals surface area contributed by atoms with E-state index < -0.39 is 29.2 Å². The molecule has 1 aromatic carbocycles. The molecule has 1 aliphatic carbocycles. The number of aryl methyl sites for hydroxylation is 1. The highest BCUT2D eigenvalue weighted by atomic mass is 19.3. The Morgan fingerprint density at radius 2 is 1.96 bits per heavy atom. The van der Waals surface area contributed by atoms with Crippen LogP contribution in [0.5, 0.6) is 0 Å². The predicted molar refractivity (Wildman–Crippen MR) is 84.7 cm³/mol. The van der Waals surface area contributed by atoms with Crippen LogP contribution < -0.4 is 11.5 Å². The van der Waals surface area contributed by atoms with Gasteiger partial charge in [-0.2, -0.15) is 4.99 Å². The van der Waals surface area contributed by atoms with Gasteiger partial charge in [-0.15, -0.1) is 0 Å². The average Bonchev–Trinajstić information content (AvgIpc) is 3.29. The fourth-order valence-electron chi connectivity index (χ4n) is 2.47. The average molecular weight is 320 g/mol. The van der Waals surface area contributed by atoms with Crippen molar-refractivity contribution < 1.29 is 13.6 Å². The van der Waals surface area contributed by atoms with Gasteiger partial charge in [-0.3, -0.25) is 10.2 Å². The summed E-state index contributed by atoms with van der Waals surface area (Å²) < 4.78 is 24.6. The van der Waals surface area contributed by atoms with Crippen LogP contribution in [-0.4, -0.2) is 23.9 Å². The largest absolute Gasteiger partial charge is 0.397 e. The minimum Gasteiger partial charge on any atom is -0.397 e. The molecule has 0 atom stereocenters. The molecule has 0 saturated heterocycles. The SMILES string of the molecule is Cc1ccccc1C1(C(N)=NC(=O)C(=N)/C=C(\N)C(F)F)CC1. The van der Waals surface area contributed by atoms with Crippen LogP contribution in [0.2, 0.25) is 0 Å². The molecule has 0 radical (unpaired) electrons. The highest BCUT2D eigenvalue weighted by molar-refractivity contribution is 6.44. The fourth-order valence-corrected chi connectivity index (χ4v) is 2.47. The van der Waals surface area contributed by atoms with Crippen LogP contribution in [0.25, 0.3) is 0 Å². The second-order valence-corrected chi connectivity index (χ2v) is 5.56. The Morgan fingerprint density at radius 1 is 1.35 bits per heavy atom. The van der Waals surface area contributed by atoms with Crippen molar-refractivity contribution in [2.24, 2.45) is 16.5 Å². The quantitative estimate of drug-likeness (QED) is 0.571. The van der Waals surface area contributed by atoms with Crippen LogP contribution >= 0.6 is 0 Å². The number of alkyl halides is 2. The van der Waals surface area contributed by atoms with E-state index in [1.54, 1.807) is 0 Å². The van der Waals surface area contributed by atoms with Gasteiger partial charge in [0.15, 0.2) is 0 Å². The van der Waals surface area contributed by atoms with Crippen LogP contribution in [0.3, 0.4) is 0 Å². The smallest absolute Gasteiger partial charge is 0.296 e. The summed E-state index contributed by atoms with van der Waals surface area (Å²) in [6, 6.07) is 7.65. The van der Waals surface area contributed by atoms with Crippen LogP contribution in [-0.2, 0) is 10.2 Å². The van der Waals surface area contributed by atoms with E-state index in [4.69, 9.17) is 16.9 Å². The van der Waals surface area contributed by atoms with E-state index in [2.05, 4.69) is 4.99 Å². The number of amidine groups is 1. The fraction of sp³-hybridized carbons (Fsp3) is 0.312. The summed E-state index contributed by atoms with van der Waals surface area (Å²) in [6.45, 7) is 1.94. The Labute approximate surface area is 132 Å². The van der Waals surface area contributed by atoms with Crippen molar-refractivity contribution >= 4 is 17.5 Å². The van der Waals surface area contributed by atoms with E-state index in [1.165, 1.54) is 0 Å². The number of nitrogens with two attached hydrogens (primary N) is 2. The molecule has 1 aliphatic rings. The Balaban J connectivity index is 2.23. The number of amides is 1. The molecule has 0 aromatic heterocycles. The minimum absolute atomic E-state index is 0.102. The van der Waals surface area contributed by atoms with Gasteiger partial charge in [0.2, 0.25) is 0 Å². The number of rotatable bonds is 5. The van der Waals surface area contributed by atoms with Gasteiger partial charge >= 0.3 is 0 Å². The summed E-state index contributed by atoms with van der Waals surface area (Å²) in [5, 5.41) is 7.48. The molecule has 0 bridgehead atoms. The van der Waals surface area contributed by atoms with E-state index in [1.807, 2.05) is 31.2 Å². The Morgan fingerprint density at radius 3 is 2.48 bits per heavy atom. The second-order valence-electron chi connectivity index (χ2n) is 5.56. The lowest BCUT2D eigenvalue weighted by Gasteiger charge is -2.17. The summed E-state index contributed by atoms with van der Waals surface area (Å²) in [6.07, 6.45) is -0.811. The minimum atomic E-state index is -2.92. The lowest BCUT2D eigenvalue weighted by molar-refractivity contribution is -0.111. The van der Waals surface area contributed by atoms with E-state index >= 15 is 0 Å². The standard InChI is InChI=1S/C16H18F2N4O/c1-9-4-2-3-5-10(9)16(6-7-16)15(21)22-14(23)12(20)8-11(19)13(17)18/h2-5,8,13,20H,6-7,19H2,1H3,(H2,21,22,23)/b11-8-,20-12?. The third kappa shape index (κ3) is 3.44. The number of nitrogens with zero attached hydrogens (tertiary/aromatic N) is 1. The lowest BCUT2D eigenvalue weighted by Crippen LogP contribution is -2.31. The van der Waals surface area contributed by atoms with Gasteiger partial charge < -0.3 is 11.5 Å². The Kier molecular flexibility index (Phi) is 4.58. The van der Waals surface area contributed by atoms with Crippen molar-refractivity contribution in [3.63, 3.8) is 0 Å². The maximum atomic E-state index is 12.3. The summed E-state index contributed by atoms with van der Waals surface area (Å²) in [4.78, 5) is 15.6. The van der Waals surface area contributed by atoms with E-state index in [0.29, 0.717) is 6.08 Å². The Bertz CT molecular complexity index is 706. The maximum absolute atomic E-state index is 12.3. The number of benzene rings is 1. The van der Waals surface area contributed by atoms with Gasteiger partial charge in [0.1, 0.15) is 11.5 Å². The number of aliphatic imine (C=N–C) groups is 1. The van der Waals surface area contributed by atoms with E-state index in [-0.39, 0.29) is 5.84 Å². The van der Waals surface area contributed by atoms with Crippen molar-refractivity contribution in [1.82, 2.24) is 0 Å². The first-order valence-corrected chi connectivity index (χ1v) is 7.07. The zero-order chi connectivity index (χ0) is 17.2. The zero-order valence-electron chi connectivity index (χ0n) is 12.6. The van der Waals surface area contributed by atoms with Crippen LogP contribution in [0.4, 0.5) is 8.78 Å². The first kappa shape index (κ1) is 16.8. The molecule has 1 amide bonds. The molecule has 2 rings (SSSR count). The first-order chi connectivity index (χ1) is 10.8. The molecular weight excluding hydrogens is 302 g/mol. The van der Waals surface area contributed by atoms with Gasteiger partial charge in [-0.05, 0) is 37.0 Å². The lowest BCUT2D eigenvalue weighted by atomic mass is 9.91. The van der Waals surface area contributed by atoms with Gasteiger partial charge in [-0.25, -0.2) is 8.78 Å². The molecule has 0 unspecified atom stereocenters. The maximum Gasteiger partial charge on any atom is 0.296 e. The number of carbonyl (C=O) groups is 1. The third-order valence-corrected chi connectivity index (χ3v) is 3.92. The number of nitrogens with one attached hydrogen (secondary N) is 1. The van der Waals surface area contributed by atoms with E-state index in [9.17, 15) is 13.6 Å². The monoisotopic (exact) mass is 320 g/mol. The summed E-state index contributed by atoms with van der Waals surface area (Å²) in [7, 11) is 0. The molecule has 7 heteroatoms. The molecule has 1 saturated carbocycles. The van der Waals surface area contributed by atoms with Crippen molar-refractivity contribution in [3.8, 4) is 0 Å². The number of allylic oxidation sites excluding steroid dienone is 1. The van der Waals surface area contributed by atoms with Gasteiger partial charge in [0.25, 0.3) is 12.3 Å². The Hall–Kier alpha value is -2.57. The van der Waals surface area contributed by atoms with Crippen molar-refractivity contribution in [3.05, 3.63) is 47.2 Å². The van der Waals surface area contributed by atoms with Gasteiger partial charge in [0.05, 0.1) is 11.1 Å². The van der Waals surface area contributed by atoms with Gasteiger partial charge in [-0.1, -0.05) is 24.3 Å². The zero-order valence-corrected chi connectivity index (χ0v) is 12.6. The number of carbonyl (C=O) groups excluding carboxylic acids is 1. The number of halogens is 2. The van der Waals surface area contributed by atoms with Crippen LogP contribution in [0, 0.1) is 12.3 Å². The molecule has 5 nitrogen and oxygen atoms in total. The highest BCUT2D eigenvalue weighted by Crippen LogP contribution is 2.49. The van der Waals surface area contributed by atoms with Gasteiger partial charge in [0, 0.05) is 0 Å². The molecule has 1 aromatic rings. The normalized spacial score (nSPS) is 17.2. The molecule has 122 valence electrons. The second kappa shape index (κ2) is 6.28. The van der Waals surface area contributed by atoms with Crippen molar-refractivity contribution in [2.45, 2.75) is 31.6 Å². The predicted octanol–water partition coefficient (Wildman–Crippen LogP) is 2.04. The highest BCUT2D eigenvalue weighted by Gasteiger charge is 2.49. The third-order valence-electron chi connectivity index (χ3n) is 3.92. The number of hydrogen-bond donors (Lipinski definition) is 3. The topological polar surface area (TPSA) is 105 Å². The molecule has 0 spiro atoms. The molecule has 0 aliphatic heterocycles. The van der Waals surface area contributed by atoms with E-state index in [0.717, 1.165) is 24.0 Å². The van der Waals surface area contributed by atoms with Crippen LogP contribution in [0.15, 0.2) is 41.0 Å². The summed E-state index contributed by atoms with van der Waals surface area (Å²) in [5.41, 5.74) is 11.0. The first-order valence-electron chi connectivity index (χ1n) is 7.07. The molecule has 0 heterocycles. The summed E-state index contributed by atoms with van der Waals surface area (Å²) in [5.74, 6) is -0.878. The van der Waals surface area contributed by atoms with Crippen molar-refractivity contribution in [1.29, 1.82) is 5.41 Å². The van der Waals surface area contributed by atoms with Crippen LogP contribution in [0.1, 0.15) is 24.0 Å². The summed E-state index contributed by atoms with van der Waals surface area (Å²) >= 11 is 0. The molecular formula is C16H18F2N4O. The number of hydrogen-bond acceptors (Lipinski definition) is 3.